The van der Waals surface area contributed by atoms with Gasteiger partial charge in [0.1, 0.15) is 23.1 Å². The zero-order valence-corrected chi connectivity index (χ0v) is 25.4. The fourth-order valence-corrected chi connectivity index (χ4v) is 5.62. The second-order valence-corrected chi connectivity index (χ2v) is 12.3. The van der Waals surface area contributed by atoms with Crippen LogP contribution in [-0.4, -0.2) is 56.8 Å². The number of hydrogen-bond donors (Lipinski definition) is 0. The van der Waals surface area contributed by atoms with Crippen molar-refractivity contribution in [3.05, 3.63) is 81.6 Å². The molecule has 1 atom stereocenters. The molecule has 10 heteroatoms. The van der Waals surface area contributed by atoms with Crippen LogP contribution in [0.5, 0.6) is 0 Å². The zero-order chi connectivity index (χ0) is 30.3. The highest BCUT2D eigenvalue weighted by Gasteiger charge is 2.32. The molecule has 1 saturated heterocycles. The first-order valence-electron chi connectivity index (χ1n) is 14.1. The van der Waals surface area contributed by atoms with Crippen LogP contribution in [0.15, 0.2) is 59.5 Å². The predicted octanol–water partition coefficient (Wildman–Crippen LogP) is 6.81. The van der Waals surface area contributed by atoms with Gasteiger partial charge in [0.25, 0.3) is 0 Å². The Labute approximate surface area is 249 Å². The van der Waals surface area contributed by atoms with Crippen LogP contribution in [0.3, 0.4) is 0 Å². The van der Waals surface area contributed by atoms with Gasteiger partial charge >= 0.3 is 11.8 Å². The maximum Gasteiger partial charge on any atom is 0.410 e. The summed E-state index contributed by atoms with van der Waals surface area (Å²) in [6, 6.07) is 13.5. The molecule has 0 spiro atoms. The quantitative estimate of drug-likeness (QED) is 0.259. The minimum Gasteiger partial charge on any atom is -0.444 e. The van der Waals surface area contributed by atoms with Gasteiger partial charge in [-0.3, -0.25) is 0 Å². The van der Waals surface area contributed by atoms with Crippen LogP contribution >= 0.6 is 11.6 Å². The molecule has 2 aromatic heterocycles. The molecular formula is C32H35ClFN5O3. The SMILES string of the molecule is CC(C)c1cccnc1-n1c(=O)nc(N2CCN(C(=O)OC(C)(C)C)CC2C)c2cc(Cl)c(-c3ccccc3F)cc21. The first-order chi connectivity index (χ1) is 19.9. The molecule has 0 radical (unpaired) electrons. The summed E-state index contributed by atoms with van der Waals surface area (Å²) in [7, 11) is 0. The van der Waals surface area contributed by atoms with Crippen LogP contribution in [-0.2, 0) is 4.74 Å². The van der Waals surface area contributed by atoms with Gasteiger partial charge in [-0.2, -0.15) is 4.98 Å². The monoisotopic (exact) mass is 591 g/mol. The Kier molecular flexibility index (Phi) is 7.98. The van der Waals surface area contributed by atoms with E-state index in [-0.39, 0.29) is 18.1 Å². The van der Waals surface area contributed by atoms with Crippen molar-refractivity contribution < 1.29 is 13.9 Å². The summed E-state index contributed by atoms with van der Waals surface area (Å²) in [6.07, 6.45) is 1.26. The molecule has 8 nitrogen and oxygen atoms in total. The molecule has 0 aliphatic carbocycles. The van der Waals surface area contributed by atoms with Gasteiger partial charge in [-0.15, -0.1) is 0 Å². The lowest BCUT2D eigenvalue weighted by molar-refractivity contribution is 0.0218. The summed E-state index contributed by atoms with van der Waals surface area (Å²) in [4.78, 5) is 39.5. The van der Waals surface area contributed by atoms with Crippen LogP contribution in [0.2, 0.25) is 5.02 Å². The summed E-state index contributed by atoms with van der Waals surface area (Å²) in [6.45, 7) is 12.7. The Hall–Kier alpha value is -3.98. The van der Waals surface area contributed by atoms with Gasteiger partial charge in [-0.05, 0) is 63.4 Å². The molecule has 1 unspecified atom stereocenters. The van der Waals surface area contributed by atoms with E-state index in [4.69, 9.17) is 16.3 Å². The summed E-state index contributed by atoms with van der Waals surface area (Å²) < 4.78 is 22.0. The second kappa shape index (κ2) is 11.4. The average molecular weight is 592 g/mol. The molecule has 3 heterocycles. The number of nitrogens with zero attached hydrogens (tertiary/aromatic N) is 5. The molecule has 1 aliphatic rings. The van der Waals surface area contributed by atoms with Crippen LogP contribution in [0.4, 0.5) is 15.0 Å². The van der Waals surface area contributed by atoms with E-state index in [2.05, 4.69) is 9.97 Å². The number of pyridine rings is 1. The molecular weight excluding hydrogens is 557 g/mol. The topological polar surface area (TPSA) is 80.6 Å². The summed E-state index contributed by atoms with van der Waals surface area (Å²) in [5.74, 6) is 0.571. The number of carbonyl (C=O) groups excluding carboxylic acids is 1. The van der Waals surface area contributed by atoms with Gasteiger partial charge < -0.3 is 14.5 Å². The second-order valence-electron chi connectivity index (χ2n) is 11.9. The Morgan fingerprint density at radius 3 is 2.48 bits per heavy atom. The minimum absolute atomic E-state index is 0.0784. The van der Waals surface area contributed by atoms with Crippen molar-refractivity contribution in [1.82, 2.24) is 19.4 Å². The average Bonchev–Trinajstić information content (AvgIpc) is 2.92. The standard InChI is InChI=1S/C32H35ClFN5O3/c1-19(2)21-11-9-13-35-28(21)39-27-17-23(22-10-7-8-12-26(22)34)25(33)16-24(27)29(36-30(39)40)38-15-14-37(18-20(38)3)31(41)42-32(4,5)6/h7-13,16-17,19-20H,14-15,18H2,1-6H3. The molecule has 1 fully saturated rings. The van der Waals surface area contributed by atoms with Crippen molar-refractivity contribution in [2.45, 2.75) is 59.1 Å². The maximum absolute atomic E-state index is 15.0. The summed E-state index contributed by atoms with van der Waals surface area (Å²) in [5.41, 5.74) is 1.05. The minimum atomic E-state index is -0.604. The van der Waals surface area contributed by atoms with E-state index in [0.717, 1.165) is 5.56 Å². The molecule has 5 rings (SSSR count). The molecule has 0 bridgehead atoms. The highest BCUT2D eigenvalue weighted by atomic mass is 35.5. The number of ether oxygens (including phenoxy) is 1. The van der Waals surface area contributed by atoms with Gasteiger partial charge in [0.15, 0.2) is 0 Å². The van der Waals surface area contributed by atoms with Crippen molar-refractivity contribution in [3.63, 3.8) is 0 Å². The van der Waals surface area contributed by atoms with Gasteiger partial charge in [-0.25, -0.2) is 23.5 Å². The number of hydrogen-bond acceptors (Lipinski definition) is 6. The fraction of sp³-hybridized carbons (Fsp3) is 0.375. The highest BCUT2D eigenvalue weighted by Crippen LogP contribution is 2.37. The van der Waals surface area contributed by atoms with Crippen LogP contribution in [0.1, 0.15) is 53.0 Å². The normalized spacial score (nSPS) is 15.9. The molecule has 220 valence electrons. The van der Waals surface area contributed by atoms with Crippen molar-refractivity contribution >= 4 is 34.4 Å². The van der Waals surface area contributed by atoms with Gasteiger partial charge in [0, 0.05) is 53.4 Å². The maximum atomic E-state index is 15.0. The smallest absolute Gasteiger partial charge is 0.410 e. The number of amides is 1. The van der Waals surface area contributed by atoms with E-state index in [0.29, 0.717) is 58.3 Å². The fourth-order valence-electron chi connectivity index (χ4n) is 5.35. The number of anilines is 1. The third-order valence-electron chi connectivity index (χ3n) is 7.33. The van der Waals surface area contributed by atoms with Crippen LogP contribution in [0, 0.1) is 5.82 Å². The lowest BCUT2D eigenvalue weighted by atomic mass is 10.0. The zero-order valence-electron chi connectivity index (χ0n) is 24.7. The number of benzene rings is 2. The number of carbonyl (C=O) groups is 1. The van der Waals surface area contributed by atoms with E-state index in [9.17, 15) is 14.0 Å². The molecule has 1 amide bonds. The number of aromatic nitrogens is 3. The van der Waals surface area contributed by atoms with Gasteiger partial charge in [0.2, 0.25) is 0 Å². The first kappa shape index (κ1) is 29.5. The van der Waals surface area contributed by atoms with Crippen LogP contribution in [0.25, 0.3) is 27.8 Å². The largest absolute Gasteiger partial charge is 0.444 e. The molecule has 42 heavy (non-hydrogen) atoms. The van der Waals surface area contributed by atoms with E-state index in [1.165, 1.54) is 10.6 Å². The summed E-state index contributed by atoms with van der Waals surface area (Å²) >= 11 is 6.82. The summed E-state index contributed by atoms with van der Waals surface area (Å²) in [5, 5.41) is 0.948. The van der Waals surface area contributed by atoms with E-state index >= 15 is 0 Å². The lowest BCUT2D eigenvalue weighted by Gasteiger charge is -2.41. The first-order valence-corrected chi connectivity index (χ1v) is 14.4. The predicted molar refractivity (Wildman–Crippen MR) is 164 cm³/mol. The molecule has 4 aromatic rings. The van der Waals surface area contributed by atoms with Crippen molar-refractivity contribution in [2.75, 3.05) is 24.5 Å². The van der Waals surface area contributed by atoms with Crippen molar-refractivity contribution in [1.29, 1.82) is 0 Å². The van der Waals surface area contributed by atoms with Gasteiger partial charge in [-0.1, -0.05) is 49.7 Å². The Morgan fingerprint density at radius 2 is 1.81 bits per heavy atom. The number of fused-ring (bicyclic) bond motifs is 1. The molecule has 0 saturated carbocycles. The van der Waals surface area contributed by atoms with E-state index in [1.807, 2.05) is 58.6 Å². The van der Waals surface area contributed by atoms with Gasteiger partial charge in [0.05, 0.1) is 5.52 Å². The van der Waals surface area contributed by atoms with E-state index < -0.39 is 17.1 Å². The lowest BCUT2D eigenvalue weighted by Crippen LogP contribution is -2.55. The Morgan fingerprint density at radius 1 is 1.07 bits per heavy atom. The third kappa shape index (κ3) is 5.70. The molecule has 1 aliphatic heterocycles. The number of rotatable bonds is 4. The molecule has 2 aromatic carbocycles. The third-order valence-corrected chi connectivity index (χ3v) is 7.64. The Balaban J connectivity index is 1.69. The number of halogens is 2. The van der Waals surface area contributed by atoms with Crippen molar-refractivity contribution in [2.24, 2.45) is 0 Å². The van der Waals surface area contributed by atoms with Crippen molar-refractivity contribution in [3.8, 4) is 16.9 Å². The van der Waals surface area contributed by atoms with E-state index in [1.54, 1.807) is 41.4 Å². The Bertz CT molecular complexity index is 1720. The number of piperazine rings is 1. The highest BCUT2D eigenvalue weighted by molar-refractivity contribution is 6.34. The van der Waals surface area contributed by atoms with Crippen LogP contribution < -0.4 is 10.6 Å². The molecule has 0 N–H and O–H groups in total.